The normalized spacial score (nSPS) is 20.1. The number of rotatable bonds is 5. The molecule has 18 heavy (non-hydrogen) atoms. The molecule has 1 aliphatic rings. The van der Waals surface area contributed by atoms with E-state index >= 15 is 0 Å². The molecule has 1 aliphatic heterocycles. The van der Waals surface area contributed by atoms with Crippen LogP contribution in [0.2, 0.25) is 0 Å². The summed E-state index contributed by atoms with van der Waals surface area (Å²) < 4.78 is 20.6. The fraction of sp³-hybridized carbons (Fsp3) is 0.727. The van der Waals surface area contributed by atoms with Crippen molar-refractivity contribution in [2.24, 2.45) is 0 Å². The van der Waals surface area contributed by atoms with Gasteiger partial charge in [0.25, 0.3) is 0 Å². The van der Waals surface area contributed by atoms with Crippen LogP contribution in [0.25, 0.3) is 0 Å². The Morgan fingerprint density at radius 3 is 3.06 bits per heavy atom. The molecule has 1 atom stereocenters. The van der Waals surface area contributed by atoms with Gasteiger partial charge in [-0.25, -0.2) is 0 Å². The Labute approximate surface area is 111 Å². The van der Waals surface area contributed by atoms with Crippen LogP contribution in [0.3, 0.4) is 0 Å². The van der Waals surface area contributed by atoms with Crippen LogP contribution in [0.4, 0.5) is 10.8 Å². The average molecular weight is 273 g/mol. The van der Waals surface area contributed by atoms with Crippen LogP contribution in [0.5, 0.6) is 5.75 Å². The molecule has 0 bridgehead atoms. The Bertz CT molecular complexity index is 378. The predicted molar refractivity (Wildman–Crippen MR) is 71.3 cm³/mol. The zero-order valence-corrected chi connectivity index (χ0v) is 11.5. The second kappa shape index (κ2) is 6.21. The van der Waals surface area contributed by atoms with E-state index in [-0.39, 0.29) is 12.2 Å². The maximum atomic E-state index is 5.78. The third-order valence-electron chi connectivity index (χ3n) is 2.40. The highest BCUT2D eigenvalue weighted by molar-refractivity contribution is 7.11. The molecule has 1 aromatic rings. The lowest BCUT2D eigenvalue weighted by atomic mass is 10.3. The number of hydrogen-bond donors (Lipinski definition) is 2. The van der Waals surface area contributed by atoms with E-state index in [1.807, 2.05) is 13.8 Å². The Morgan fingerprint density at radius 1 is 1.56 bits per heavy atom. The molecule has 6 nitrogen and oxygen atoms in total. The molecule has 3 N–H and O–H groups in total. The quantitative estimate of drug-likeness (QED) is 0.843. The molecule has 7 heteroatoms. The van der Waals surface area contributed by atoms with Crippen molar-refractivity contribution in [3.8, 4) is 5.75 Å². The molecule has 1 fully saturated rings. The highest BCUT2D eigenvalue weighted by Gasteiger charge is 2.18. The third-order valence-corrected chi connectivity index (χ3v) is 3.20. The zero-order valence-electron chi connectivity index (χ0n) is 10.6. The molecule has 2 heterocycles. The van der Waals surface area contributed by atoms with Gasteiger partial charge in [-0.1, -0.05) is 0 Å². The van der Waals surface area contributed by atoms with Crippen LogP contribution in [0.1, 0.15) is 13.8 Å². The summed E-state index contributed by atoms with van der Waals surface area (Å²) in [6.45, 7) is 6.51. The van der Waals surface area contributed by atoms with Gasteiger partial charge < -0.3 is 25.3 Å². The van der Waals surface area contributed by atoms with E-state index in [1.54, 1.807) is 0 Å². The van der Waals surface area contributed by atoms with Gasteiger partial charge in [-0.15, -0.1) is 0 Å². The third kappa shape index (κ3) is 3.47. The van der Waals surface area contributed by atoms with Gasteiger partial charge in [-0.05, 0) is 25.4 Å². The molecule has 0 radical (unpaired) electrons. The topological polar surface area (TPSA) is 78.6 Å². The standard InChI is InChI=1S/C11H19N3O3S/c1-7(2)17-9-10(12)14-18-11(9)13-5-8-6-15-3-4-16-8/h7-8,13H,3-6H2,1-2H3,(H2,12,14). The van der Waals surface area contributed by atoms with Gasteiger partial charge in [-0.3, -0.25) is 0 Å². The first kappa shape index (κ1) is 13.4. The number of anilines is 2. The van der Waals surface area contributed by atoms with Crippen LogP contribution < -0.4 is 15.8 Å². The van der Waals surface area contributed by atoms with Gasteiger partial charge in [0.2, 0.25) is 0 Å². The maximum absolute atomic E-state index is 5.78. The lowest BCUT2D eigenvalue weighted by molar-refractivity contribution is -0.0818. The van der Waals surface area contributed by atoms with Gasteiger partial charge in [0.15, 0.2) is 16.6 Å². The van der Waals surface area contributed by atoms with Crippen molar-refractivity contribution >= 4 is 22.4 Å². The minimum absolute atomic E-state index is 0.0639. The van der Waals surface area contributed by atoms with E-state index in [0.29, 0.717) is 37.9 Å². The minimum Gasteiger partial charge on any atom is -0.484 e. The fourth-order valence-corrected chi connectivity index (χ4v) is 2.27. The molecule has 0 spiro atoms. The van der Waals surface area contributed by atoms with Crippen molar-refractivity contribution in [3.63, 3.8) is 0 Å². The Morgan fingerprint density at radius 2 is 2.39 bits per heavy atom. The molecule has 1 aromatic heterocycles. The van der Waals surface area contributed by atoms with Gasteiger partial charge >= 0.3 is 0 Å². The molecule has 102 valence electrons. The second-order valence-electron chi connectivity index (χ2n) is 4.34. The first-order valence-corrected chi connectivity index (χ1v) is 6.79. The monoisotopic (exact) mass is 273 g/mol. The van der Waals surface area contributed by atoms with Crippen molar-refractivity contribution in [2.75, 3.05) is 37.4 Å². The molecule has 0 aliphatic carbocycles. The van der Waals surface area contributed by atoms with E-state index in [0.717, 1.165) is 5.00 Å². The Balaban J connectivity index is 1.91. The first-order chi connectivity index (χ1) is 8.66. The highest BCUT2D eigenvalue weighted by atomic mass is 32.1. The summed E-state index contributed by atoms with van der Waals surface area (Å²) in [6.07, 6.45) is 0.132. The molecule has 1 unspecified atom stereocenters. The van der Waals surface area contributed by atoms with Crippen LogP contribution in [-0.4, -0.2) is 42.9 Å². The van der Waals surface area contributed by atoms with E-state index in [1.165, 1.54) is 11.5 Å². The zero-order chi connectivity index (χ0) is 13.0. The number of nitrogens with one attached hydrogen (secondary N) is 1. The number of nitrogens with two attached hydrogens (primary N) is 1. The minimum atomic E-state index is 0.0639. The second-order valence-corrected chi connectivity index (χ2v) is 5.11. The number of aromatic nitrogens is 1. The van der Waals surface area contributed by atoms with Crippen LogP contribution in [0, 0.1) is 0 Å². The molecule has 0 saturated carbocycles. The van der Waals surface area contributed by atoms with Gasteiger partial charge in [0.05, 0.1) is 32.0 Å². The lowest BCUT2D eigenvalue weighted by Gasteiger charge is -2.23. The van der Waals surface area contributed by atoms with Crippen molar-refractivity contribution in [2.45, 2.75) is 26.1 Å². The predicted octanol–water partition coefficient (Wildman–Crippen LogP) is 1.34. The molecule has 2 rings (SSSR count). The summed E-state index contributed by atoms with van der Waals surface area (Å²) in [4.78, 5) is 0. The molecule has 1 saturated heterocycles. The van der Waals surface area contributed by atoms with Crippen molar-refractivity contribution in [1.29, 1.82) is 0 Å². The van der Waals surface area contributed by atoms with Crippen molar-refractivity contribution < 1.29 is 14.2 Å². The molecular weight excluding hydrogens is 254 g/mol. The maximum Gasteiger partial charge on any atom is 0.197 e. The van der Waals surface area contributed by atoms with E-state index in [4.69, 9.17) is 19.9 Å². The largest absolute Gasteiger partial charge is 0.484 e. The summed E-state index contributed by atoms with van der Waals surface area (Å²) in [5.74, 6) is 1.06. The summed E-state index contributed by atoms with van der Waals surface area (Å²) in [7, 11) is 0. The summed E-state index contributed by atoms with van der Waals surface area (Å²) in [5.41, 5.74) is 5.78. The fourth-order valence-electron chi connectivity index (χ4n) is 1.62. The Kier molecular flexibility index (Phi) is 4.62. The number of nitrogens with zero attached hydrogens (tertiary/aromatic N) is 1. The number of nitrogen functional groups attached to an aromatic ring is 1. The van der Waals surface area contributed by atoms with Gasteiger partial charge in [0, 0.05) is 6.54 Å². The summed E-state index contributed by atoms with van der Waals surface area (Å²) in [6, 6.07) is 0. The van der Waals surface area contributed by atoms with Gasteiger partial charge in [-0.2, -0.15) is 4.37 Å². The molecule has 0 aromatic carbocycles. The van der Waals surface area contributed by atoms with Crippen molar-refractivity contribution in [3.05, 3.63) is 0 Å². The van der Waals surface area contributed by atoms with Crippen LogP contribution >= 0.6 is 11.5 Å². The SMILES string of the molecule is CC(C)Oc1c(N)nsc1NCC1COCCO1. The summed E-state index contributed by atoms with van der Waals surface area (Å²) >= 11 is 1.30. The van der Waals surface area contributed by atoms with Crippen LogP contribution in [-0.2, 0) is 9.47 Å². The first-order valence-electron chi connectivity index (χ1n) is 6.02. The number of ether oxygens (including phenoxy) is 3. The summed E-state index contributed by atoms with van der Waals surface area (Å²) in [5, 5.41) is 4.10. The van der Waals surface area contributed by atoms with E-state index in [2.05, 4.69) is 9.69 Å². The van der Waals surface area contributed by atoms with E-state index in [9.17, 15) is 0 Å². The van der Waals surface area contributed by atoms with Crippen LogP contribution in [0.15, 0.2) is 0 Å². The lowest BCUT2D eigenvalue weighted by Crippen LogP contribution is -2.34. The van der Waals surface area contributed by atoms with Gasteiger partial charge in [0.1, 0.15) is 0 Å². The average Bonchev–Trinajstić information content (AvgIpc) is 2.69. The van der Waals surface area contributed by atoms with E-state index < -0.39 is 0 Å². The smallest absolute Gasteiger partial charge is 0.197 e. The molecular formula is C11H19N3O3S. The Hall–Kier alpha value is -1.05. The molecule has 0 amide bonds. The number of hydrogen-bond acceptors (Lipinski definition) is 7. The highest BCUT2D eigenvalue weighted by Crippen LogP contribution is 2.35. The van der Waals surface area contributed by atoms with Crippen molar-refractivity contribution in [1.82, 2.24) is 4.37 Å².